The van der Waals surface area contributed by atoms with Crippen molar-refractivity contribution in [2.24, 2.45) is 5.92 Å². The Morgan fingerprint density at radius 3 is 2.62 bits per heavy atom. The highest BCUT2D eigenvalue weighted by molar-refractivity contribution is 6.34. The van der Waals surface area contributed by atoms with Crippen LogP contribution in [-0.4, -0.2) is 23.4 Å². The Balaban J connectivity index is 1.79. The Labute approximate surface area is 131 Å². The molecule has 1 aromatic rings. The number of nitrogens with two attached hydrogens (primary N) is 1. The Kier molecular flexibility index (Phi) is 4.39. The monoisotopic (exact) mass is 306 g/mol. The number of nitrogens with zero attached hydrogens (tertiary/aromatic N) is 1. The van der Waals surface area contributed by atoms with E-state index in [0.717, 1.165) is 19.4 Å². The number of halogens is 1. The minimum Gasteiger partial charge on any atom is -0.399 e. The molecule has 2 fully saturated rings. The molecule has 1 heterocycles. The third-order valence-corrected chi connectivity index (χ3v) is 5.29. The maximum Gasteiger partial charge on any atom is 0.255 e. The second kappa shape index (κ2) is 6.27. The maximum absolute atomic E-state index is 12.8. The van der Waals surface area contributed by atoms with Crippen LogP contribution in [0, 0.1) is 5.92 Å². The first-order valence-electron chi connectivity index (χ1n) is 8.03. The fourth-order valence-corrected chi connectivity index (χ4v) is 4.18. The van der Waals surface area contributed by atoms with E-state index in [9.17, 15) is 4.79 Å². The SMILES string of the molecule is Nc1ccc(C(=O)N2CCCC2C2CCCCC2)c(Cl)c1. The second-order valence-electron chi connectivity index (χ2n) is 6.35. The van der Waals surface area contributed by atoms with Gasteiger partial charge in [-0.2, -0.15) is 0 Å². The van der Waals surface area contributed by atoms with Crippen molar-refractivity contribution < 1.29 is 4.79 Å². The molecule has 1 atom stereocenters. The summed E-state index contributed by atoms with van der Waals surface area (Å²) < 4.78 is 0. The Hall–Kier alpha value is -1.22. The first-order chi connectivity index (χ1) is 10.2. The number of hydrogen-bond acceptors (Lipinski definition) is 2. The van der Waals surface area contributed by atoms with E-state index in [4.69, 9.17) is 17.3 Å². The van der Waals surface area contributed by atoms with Crippen molar-refractivity contribution in [1.29, 1.82) is 0 Å². The largest absolute Gasteiger partial charge is 0.399 e. The van der Waals surface area contributed by atoms with E-state index in [2.05, 4.69) is 4.90 Å². The van der Waals surface area contributed by atoms with Crippen LogP contribution >= 0.6 is 11.6 Å². The van der Waals surface area contributed by atoms with Gasteiger partial charge in [0.15, 0.2) is 0 Å². The highest BCUT2D eigenvalue weighted by Crippen LogP contribution is 2.35. The average Bonchev–Trinajstić information content (AvgIpc) is 2.97. The molecule has 3 nitrogen and oxygen atoms in total. The molecule has 1 saturated heterocycles. The molecular weight excluding hydrogens is 284 g/mol. The van der Waals surface area contributed by atoms with Crippen molar-refractivity contribution in [2.45, 2.75) is 51.0 Å². The topological polar surface area (TPSA) is 46.3 Å². The van der Waals surface area contributed by atoms with Gasteiger partial charge in [-0.25, -0.2) is 0 Å². The first kappa shape index (κ1) is 14.7. The Morgan fingerprint density at radius 1 is 1.14 bits per heavy atom. The molecule has 1 amide bonds. The Morgan fingerprint density at radius 2 is 1.90 bits per heavy atom. The van der Waals surface area contributed by atoms with E-state index in [1.165, 1.54) is 32.1 Å². The third-order valence-electron chi connectivity index (χ3n) is 4.98. The maximum atomic E-state index is 12.8. The van der Waals surface area contributed by atoms with Gasteiger partial charge in [0.05, 0.1) is 10.6 Å². The lowest BCUT2D eigenvalue weighted by Crippen LogP contribution is -2.40. The predicted octanol–water partition coefficient (Wildman–Crippen LogP) is 4.11. The summed E-state index contributed by atoms with van der Waals surface area (Å²) in [7, 11) is 0. The summed E-state index contributed by atoms with van der Waals surface area (Å²) in [5.41, 5.74) is 6.91. The lowest BCUT2D eigenvalue weighted by atomic mass is 9.83. The van der Waals surface area contributed by atoms with Gasteiger partial charge < -0.3 is 10.6 Å². The van der Waals surface area contributed by atoms with Crippen LogP contribution in [0.2, 0.25) is 5.02 Å². The zero-order chi connectivity index (χ0) is 14.8. The summed E-state index contributed by atoms with van der Waals surface area (Å²) in [6.45, 7) is 0.862. The van der Waals surface area contributed by atoms with Gasteiger partial charge in [0.2, 0.25) is 0 Å². The standard InChI is InChI=1S/C17H23ClN2O/c18-15-11-13(19)8-9-14(15)17(21)20-10-4-7-16(20)12-5-2-1-3-6-12/h8-9,11-12,16H,1-7,10,19H2. The van der Waals surface area contributed by atoms with E-state index >= 15 is 0 Å². The van der Waals surface area contributed by atoms with Crippen LogP contribution in [-0.2, 0) is 0 Å². The number of carbonyl (C=O) groups is 1. The highest BCUT2D eigenvalue weighted by Gasteiger charge is 2.35. The van der Waals surface area contributed by atoms with Gasteiger partial charge in [0, 0.05) is 18.3 Å². The van der Waals surface area contributed by atoms with E-state index in [1.54, 1.807) is 18.2 Å². The molecule has 0 bridgehead atoms. The predicted molar refractivity (Wildman–Crippen MR) is 86.5 cm³/mol. The van der Waals surface area contributed by atoms with Crippen molar-refractivity contribution >= 4 is 23.2 Å². The molecular formula is C17H23ClN2O. The average molecular weight is 307 g/mol. The first-order valence-corrected chi connectivity index (χ1v) is 8.40. The van der Waals surface area contributed by atoms with Crippen LogP contribution in [0.25, 0.3) is 0 Å². The van der Waals surface area contributed by atoms with Gasteiger partial charge in [0.25, 0.3) is 5.91 Å². The fourth-order valence-electron chi connectivity index (χ4n) is 3.91. The van der Waals surface area contributed by atoms with E-state index in [1.807, 2.05) is 0 Å². The quantitative estimate of drug-likeness (QED) is 0.836. The van der Waals surface area contributed by atoms with Gasteiger partial charge in [-0.3, -0.25) is 4.79 Å². The van der Waals surface area contributed by atoms with Gasteiger partial charge in [-0.05, 0) is 49.8 Å². The molecule has 0 radical (unpaired) electrons. The number of benzene rings is 1. The van der Waals surface area contributed by atoms with Gasteiger partial charge >= 0.3 is 0 Å². The lowest BCUT2D eigenvalue weighted by Gasteiger charge is -2.34. The molecule has 2 aliphatic rings. The number of likely N-dealkylation sites (tertiary alicyclic amines) is 1. The molecule has 1 saturated carbocycles. The smallest absolute Gasteiger partial charge is 0.255 e. The molecule has 21 heavy (non-hydrogen) atoms. The molecule has 1 unspecified atom stereocenters. The van der Waals surface area contributed by atoms with Crippen molar-refractivity contribution in [3.05, 3.63) is 28.8 Å². The molecule has 0 spiro atoms. The van der Waals surface area contributed by atoms with E-state index in [0.29, 0.717) is 28.2 Å². The minimum atomic E-state index is 0.0769. The molecule has 1 aromatic carbocycles. The van der Waals surface area contributed by atoms with Gasteiger partial charge in [0.1, 0.15) is 0 Å². The molecule has 0 aromatic heterocycles. The number of anilines is 1. The van der Waals surface area contributed by atoms with Crippen LogP contribution in [0.4, 0.5) is 5.69 Å². The fraction of sp³-hybridized carbons (Fsp3) is 0.588. The van der Waals surface area contributed by atoms with E-state index in [-0.39, 0.29) is 5.91 Å². The highest BCUT2D eigenvalue weighted by atomic mass is 35.5. The van der Waals surface area contributed by atoms with Crippen LogP contribution in [0.1, 0.15) is 55.3 Å². The van der Waals surface area contributed by atoms with Crippen LogP contribution < -0.4 is 5.73 Å². The Bertz CT molecular complexity index is 526. The molecule has 1 aliphatic carbocycles. The summed E-state index contributed by atoms with van der Waals surface area (Å²) in [5, 5.41) is 0.467. The van der Waals surface area contributed by atoms with Crippen molar-refractivity contribution in [3.8, 4) is 0 Å². The van der Waals surface area contributed by atoms with E-state index < -0.39 is 0 Å². The number of rotatable bonds is 2. The van der Waals surface area contributed by atoms with Crippen molar-refractivity contribution in [2.75, 3.05) is 12.3 Å². The normalized spacial score (nSPS) is 23.5. The number of amides is 1. The summed E-state index contributed by atoms with van der Waals surface area (Å²) >= 11 is 6.21. The number of carbonyl (C=O) groups excluding carboxylic acids is 1. The van der Waals surface area contributed by atoms with Crippen LogP contribution in [0.5, 0.6) is 0 Å². The second-order valence-corrected chi connectivity index (χ2v) is 6.75. The third kappa shape index (κ3) is 3.03. The van der Waals surface area contributed by atoms with Crippen LogP contribution in [0.15, 0.2) is 18.2 Å². The molecule has 4 heteroatoms. The zero-order valence-electron chi connectivity index (χ0n) is 12.4. The zero-order valence-corrected chi connectivity index (χ0v) is 13.1. The summed E-state index contributed by atoms with van der Waals surface area (Å²) in [4.78, 5) is 14.9. The molecule has 114 valence electrons. The molecule has 3 rings (SSSR count). The molecule has 2 N–H and O–H groups in total. The summed E-state index contributed by atoms with van der Waals surface area (Å²) in [6.07, 6.45) is 8.76. The summed E-state index contributed by atoms with van der Waals surface area (Å²) in [6, 6.07) is 5.59. The van der Waals surface area contributed by atoms with Crippen LogP contribution in [0.3, 0.4) is 0 Å². The minimum absolute atomic E-state index is 0.0769. The van der Waals surface area contributed by atoms with Crippen molar-refractivity contribution in [1.82, 2.24) is 4.90 Å². The van der Waals surface area contributed by atoms with Crippen molar-refractivity contribution in [3.63, 3.8) is 0 Å². The molecule has 1 aliphatic heterocycles. The lowest BCUT2D eigenvalue weighted by molar-refractivity contribution is 0.0661. The summed E-state index contributed by atoms with van der Waals surface area (Å²) in [5.74, 6) is 0.755. The number of nitrogen functional groups attached to an aromatic ring is 1. The number of hydrogen-bond donors (Lipinski definition) is 1. The van der Waals surface area contributed by atoms with Gasteiger partial charge in [-0.15, -0.1) is 0 Å². The van der Waals surface area contributed by atoms with Gasteiger partial charge in [-0.1, -0.05) is 30.9 Å².